The second-order valence-corrected chi connectivity index (χ2v) is 8.90. The Bertz CT molecular complexity index is 1650. The number of benzene rings is 5. The lowest BCUT2D eigenvalue weighted by Crippen LogP contribution is -2.09. The van der Waals surface area contributed by atoms with Crippen LogP contribution in [-0.2, 0) is 0 Å². The highest BCUT2D eigenvalue weighted by Gasteiger charge is 2.11. The molecule has 184 valence electrons. The summed E-state index contributed by atoms with van der Waals surface area (Å²) in [5.41, 5.74) is 7.75. The largest absolute Gasteiger partial charge is 0.311 e. The number of anilines is 3. The molecule has 0 aliphatic carbocycles. The minimum absolute atomic E-state index is 0.508. The van der Waals surface area contributed by atoms with Crippen molar-refractivity contribution in [1.29, 1.82) is 5.26 Å². The van der Waals surface area contributed by atoms with E-state index >= 15 is 0 Å². The third-order valence-electron chi connectivity index (χ3n) is 6.33. The highest BCUT2D eigenvalue weighted by atomic mass is 15.1. The molecule has 0 atom stereocenters. The lowest BCUT2D eigenvalue weighted by Gasteiger charge is -2.25. The maximum atomic E-state index is 9.77. The summed E-state index contributed by atoms with van der Waals surface area (Å²) in [5.74, 6) is 0. The molecular formula is C36H25N3. The highest BCUT2D eigenvalue weighted by Crippen LogP contribution is 2.34. The first-order valence-corrected chi connectivity index (χ1v) is 12.6. The summed E-state index contributed by atoms with van der Waals surface area (Å²) in [4.78, 5) is 5.94. The molecule has 0 spiro atoms. The Balaban J connectivity index is 1.42. The average molecular weight is 500 g/mol. The Hall–Kier alpha value is -5.64. The van der Waals surface area contributed by atoms with Crippen LogP contribution < -0.4 is 4.90 Å². The fourth-order valence-corrected chi connectivity index (χ4v) is 4.36. The number of rotatable bonds is 7. The van der Waals surface area contributed by atoms with Gasteiger partial charge in [0.05, 0.1) is 18.2 Å². The van der Waals surface area contributed by atoms with Gasteiger partial charge in [0.2, 0.25) is 0 Å². The second kappa shape index (κ2) is 12.1. The Labute approximate surface area is 229 Å². The second-order valence-electron chi connectivity index (χ2n) is 8.90. The molecule has 39 heavy (non-hydrogen) atoms. The molecular weight excluding hydrogens is 474 g/mol. The molecule has 0 heterocycles. The Morgan fingerprint density at radius 3 is 1.59 bits per heavy atom. The van der Waals surface area contributed by atoms with E-state index in [1.165, 1.54) is 0 Å². The van der Waals surface area contributed by atoms with Gasteiger partial charge in [-0.3, -0.25) is 0 Å². The number of hydrogen-bond acceptors (Lipinski definition) is 2. The minimum Gasteiger partial charge on any atom is -0.311 e. The molecule has 0 aliphatic rings. The molecule has 5 aromatic rings. The van der Waals surface area contributed by atoms with E-state index in [1.54, 1.807) is 12.1 Å². The van der Waals surface area contributed by atoms with Gasteiger partial charge in [0.25, 0.3) is 0 Å². The summed E-state index contributed by atoms with van der Waals surface area (Å²) in [6.07, 6.45) is 7.72. The zero-order chi connectivity index (χ0) is 26.9. The van der Waals surface area contributed by atoms with Gasteiger partial charge < -0.3 is 4.90 Å². The number of hydrogen-bond donors (Lipinski definition) is 0. The molecule has 0 fully saturated rings. The first-order chi connectivity index (χ1) is 19.2. The van der Waals surface area contributed by atoms with Gasteiger partial charge in [-0.1, -0.05) is 103 Å². The Morgan fingerprint density at radius 2 is 1.05 bits per heavy atom. The van der Waals surface area contributed by atoms with Crippen molar-refractivity contribution in [3.8, 4) is 6.07 Å². The van der Waals surface area contributed by atoms with Gasteiger partial charge in [0.1, 0.15) is 0 Å². The summed E-state index contributed by atoms with van der Waals surface area (Å²) < 4.78 is 0. The van der Waals surface area contributed by atoms with Gasteiger partial charge >= 0.3 is 0 Å². The molecule has 0 radical (unpaired) electrons. The quantitative estimate of drug-likeness (QED) is 0.165. The lowest BCUT2D eigenvalue weighted by molar-refractivity contribution is 1.28. The third-order valence-corrected chi connectivity index (χ3v) is 6.33. The van der Waals surface area contributed by atoms with E-state index in [9.17, 15) is 5.26 Å². The highest BCUT2D eigenvalue weighted by molar-refractivity contribution is 5.83. The summed E-state index contributed by atoms with van der Waals surface area (Å²) in [5, 5.41) is 9.77. The van der Waals surface area contributed by atoms with Crippen LogP contribution in [-0.4, -0.2) is 0 Å². The summed E-state index contributed by atoms with van der Waals surface area (Å²) in [6, 6.07) is 44.6. The van der Waals surface area contributed by atoms with Crippen LogP contribution in [0.15, 0.2) is 127 Å². The number of nitriles is 1. The van der Waals surface area contributed by atoms with Crippen molar-refractivity contribution >= 4 is 47.1 Å². The molecule has 0 bridgehead atoms. The van der Waals surface area contributed by atoms with E-state index in [-0.39, 0.29) is 0 Å². The smallest absolute Gasteiger partial charge is 0.194 e. The molecule has 5 aromatic carbocycles. The Morgan fingerprint density at radius 1 is 0.564 bits per heavy atom. The van der Waals surface area contributed by atoms with Gasteiger partial charge in [-0.05, 0) is 70.8 Å². The molecule has 0 unspecified atom stereocenters. The third kappa shape index (κ3) is 6.03. The molecule has 0 aromatic heterocycles. The van der Waals surface area contributed by atoms with E-state index in [1.807, 2.05) is 91.0 Å². The Kier molecular flexibility index (Phi) is 7.74. The van der Waals surface area contributed by atoms with Crippen molar-refractivity contribution < 1.29 is 0 Å². The van der Waals surface area contributed by atoms with E-state index in [0.717, 1.165) is 39.3 Å². The van der Waals surface area contributed by atoms with Gasteiger partial charge in [-0.25, -0.2) is 4.85 Å². The summed E-state index contributed by atoms with van der Waals surface area (Å²) >= 11 is 0. The first kappa shape index (κ1) is 25.0. The van der Waals surface area contributed by atoms with Crippen molar-refractivity contribution in [2.75, 3.05) is 4.90 Å². The lowest BCUT2D eigenvalue weighted by atomic mass is 10.0. The van der Waals surface area contributed by atoms with Crippen LogP contribution in [0.25, 0.3) is 29.1 Å². The summed E-state index contributed by atoms with van der Waals surface area (Å²) in [6.45, 7) is 7.71. The normalized spacial score (nSPS) is 10.8. The van der Waals surface area contributed by atoms with Crippen LogP contribution in [0.5, 0.6) is 0 Å². The number of para-hydroxylation sites is 2. The van der Waals surface area contributed by atoms with Crippen molar-refractivity contribution in [2.45, 2.75) is 0 Å². The predicted octanol–water partition coefficient (Wildman–Crippen LogP) is 9.92. The van der Waals surface area contributed by atoms with Crippen LogP contribution in [0.1, 0.15) is 27.8 Å². The minimum atomic E-state index is 0.508. The van der Waals surface area contributed by atoms with Gasteiger partial charge in [-0.2, -0.15) is 5.26 Å². The first-order valence-electron chi connectivity index (χ1n) is 12.6. The molecule has 0 N–H and O–H groups in total. The topological polar surface area (TPSA) is 31.4 Å². The van der Waals surface area contributed by atoms with Crippen LogP contribution in [0.2, 0.25) is 0 Å². The fraction of sp³-hybridized carbons (Fsp3) is 0. The molecule has 0 amide bonds. The zero-order valence-electron chi connectivity index (χ0n) is 21.3. The van der Waals surface area contributed by atoms with Crippen molar-refractivity contribution in [3.05, 3.63) is 167 Å². The van der Waals surface area contributed by atoms with Gasteiger partial charge in [0, 0.05) is 17.1 Å². The molecule has 3 heteroatoms. The maximum absolute atomic E-state index is 9.77. The van der Waals surface area contributed by atoms with E-state index in [4.69, 9.17) is 6.57 Å². The van der Waals surface area contributed by atoms with Crippen LogP contribution >= 0.6 is 0 Å². The molecule has 3 nitrogen and oxygen atoms in total. The van der Waals surface area contributed by atoms with Crippen molar-refractivity contribution in [1.82, 2.24) is 0 Å². The van der Waals surface area contributed by atoms with Gasteiger partial charge in [-0.15, -0.1) is 0 Å². The monoisotopic (exact) mass is 499 g/mol. The molecule has 0 aliphatic heterocycles. The molecule has 0 saturated carbocycles. The van der Waals surface area contributed by atoms with Crippen molar-refractivity contribution in [2.24, 2.45) is 0 Å². The number of nitrogens with zero attached hydrogens (tertiary/aromatic N) is 3. The molecule has 0 saturated heterocycles. The van der Waals surface area contributed by atoms with Crippen LogP contribution in [0.4, 0.5) is 22.7 Å². The SMILES string of the molecule is [C-]#[N+]c1cc(C=Cc2ccccc2)c(C#N)cc1C=Cc1ccc(N(c2ccccc2)c2ccccc2)cc1. The van der Waals surface area contributed by atoms with Crippen molar-refractivity contribution in [3.63, 3.8) is 0 Å². The maximum Gasteiger partial charge on any atom is 0.194 e. The summed E-state index contributed by atoms with van der Waals surface area (Å²) in [7, 11) is 0. The van der Waals surface area contributed by atoms with E-state index in [2.05, 4.69) is 64.3 Å². The van der Waals surface area contributed by atoms with Crippen LogP contribution in [0, 0.1) is 17.9 Å². The standard InChI is InChI=1S/C36H25N3/c1-38-36-26-30(21-17-28-11-5-2-6-12-28)32(27-37)25-31(36)22-18-29-19-23-35(24-20-29)39(33-13-7-3-8-14-33)34-15-9-4-10-16-34/h2-26H. The molecule has 5 rings (SSSR count). The van der Waals surface area contributed by atoms with Crippen LogP contribution in [0.3, 0.4) is 0 Å². The zero-order valence-corrected chi connectivity index (χ0v) is 21.3. The van der Waals surface area contributed by atoms with E-state index < -0.39 is 0 Å². The van der Waals surface area contributed by atoms with Gasteiger partial charge in [0.15, 0.2) is 5.69 Å². The predicted molar refractivity (Wildman–Crippen MR) is 163 cm³/mol. The average Bonchev–Trinajstić information content (AvgIpc) is 3.01. The van der Waals surface area contributed by atoms with E-state index in [0.29, 0.717) is 11.3 Å². The fourth-order valence-electron chi connectivity index (χ4n) is 4.36.